The summed E-state index contributed by atoms with van der Waals surface area (Å²) in [7, 11) is 0. The molecule has 3 saturated heterocycles. The molecule has 60 heavy (non-hydrogen) atoms. The van der Waals surface area contributed by atoms with Crippen molar-refractivity contribution in [1.29, 1.82) is 0 Å². The van der Waals surface area contributed by atoms with Crippen molar-refractivity contribution in [2.45, 2.75) is 51.3 Å². The summed E-state index contributed by atoms with van der Waals surface area (Å²) < 4.78 is 11.3. The van der Waals surface area contributed by atoms with E-state index in [4.69, 9.17) is 9.47 Å². The molecular weight excluding hydrogens is 759 g/mol. The topological polar surface area (TPSA) is 165 Å². The van der Waals surface area contributed by atoms with E-state index >= 15 is 0 Å². The van der Waals surface area contributed by atoms with Gasteiger partial charge < -0.3 is 40.6 Å². The summed E-state index contributed by atoms with van der Waals surface area (Å²) in [5, 5.41) is 30.4. The number of carbonyl (C=O) groups is 2. The molecule has 3 aliphatic rings. The Hall–Kier alpha value is -6.47. The lowest BCUT2D eigenvalue weighted by Gasteiger charge is -2.43. The number of hydrogen-bond acceptors (Lipinski definition) is 9. The standard InChI is InChI=1S/C33H31N3O5.C15H20N2O2/c37-29-16-14-27(28-15-17-31(39)36-32(28)29)30(38)20-34-18-22-6-8-23(9-7-22)19-35-33(40)25-12-10-24(11-13-25)21-41-26-4-2-1-3-5-26;18-15(16-10-12-4-2-1-3-5-12)19-14-11-17-8-6-13(14)7-9-17/h1-17,30,34,37-38H,18-21H2,(H,35,40)(H,36,39);1-5,13-14H,6-11H2,(H,16,18). The van der Waals surface area contributed by atoms with E-state index in [2.05, 4.69) is 25.8 Å². The van der Waals surface area contributed by atoms with Crippen molar-refractivity contribution in [2.75, 3.05) is 26.2 Å². The molecule has 310 valence electrons. The van der Waals surface area contributed by atoms with Crippen LogP contribution in [0.3, 0.4) is 0 Å². The first-order chi connectivity index (χ1) is 29.3. The molecule has 2 atom stereocenters. The summed E-state index contributed by atoms with van der Waals surface area (Å²) in [4.78, 5) is 41.0. The first kappa shape index (κ1) is 41.7. The Balaban J connectivity index is 0.000000238. The smallest absolute Gasteiger partial charge is 0.407 e. The Morgan fingerprint density at radius 2 is 1.37 bits per heavy atom. The summed E-state index contributed by atoms with van der Waals surface area (Å²) in [6, 6.07) is 40.8. The normalized spacial score (nSPS) is 17.2. The Labute approximate surface area is 349 Å². The predicted molar refractivity (Wildman–Crippen MR) is 230 cm³/mol. The number of benzene rings is 5. The van der Waals surface area contributed by atoms with Gasteiger partial charge in [-0.05, 0) is 96.1 Å². The molecule has 2 unspecified atom stereocenters. The van der Waals surface area contributed by atoms with Crippen LogP contribution >= 0.6 is 0 Å². The number of rotatable bonds is 14. The molecule has 6 aromatic rings. The number of aromatic amines is 1. The molecule has 5 aromatic carbocycles. The van der Waals surface area contributed by atoms with Crippen LogP contribution in [-0.4, -0.2) is 64.4 Å². The molecule has 4 heterocycles. The zero-order valence-corrected chi connectivity index (χ0v) is 33.4. The number of nitrogens with zero attached hydrogens (tertiary/aromatic N) is 1. The van der Waals surface area contributed by atoms with Gasteiger partial charge in [-0.3, -0.25) is 14.5 Å². The minimum atomic E-state index is -0.830. The van der Waals surface area contributed by atoms with Crippen LogP contribution in [-0.2, 0) is 31.0 Å². The van der Waals surface area contributed by atoms with E-state index in [1.165, 1.54) is 12.1 Å². The maximum Gasteiger partial charge on any atom is 0.407 e. The SMILES string of the molecule is O=C(NCc1ccc(CNCC(O)c2ccc(O)c3[nH]c(=O)ccc23)cc1)c1ccc(COc2ccccc2)cc1.O=C(NCc1ccccc1)OC1CN2CCC1CC2. The van der Waals surface area contributed by atoms with E-state index < -0.39 is 6.10 Å². The van der Waals surface area contributed by atoms with Crippen LogP contribution < -0.4 is 26.2 Å². The van der Waals surface area contributed by atoms with E-state index in [9.17, 15) is 24.6 Å². The maximum atomic E-state index is 12.6. The van der Waals surface area contributed by atoms with Gasteiger partial charge in [-0.25, -0.2) is 4.79 Å². The number of pyridine rings is 1. The number of ether oxygens (including phenoxy) is 2. The molecule has 12 heteroatoms. The van der Waals surface area contributed by atoms with Crippen molar-refractivity contribution in [2.24, 2.45) is 5.92 Å². The predicted octanol–water partition coefficient (Wildman–Crippen LogP) is 6.57. The number of phenols is 1. The van der Waals surface area contributed by atoms with Crippen molar-refractivity contribution < 1.29 is 29.3 Å². The molecular formula is C48H51N5O7. The van der Waals surface area contributed by atoms with E-state index in [-0.39, 0.29) is 36.0 Å². The van der Waals surface area contributed by atoms with Gasteiger partial charge in [0.15, 0.2) is 0 Å². The van der Waals surface area contributed by atoms with Gasteiger partial charge in [-0.15, -0.1) is 0 Å². The van der Waals surface area contributed by atoms with Crippen LogP contribution in [0.15, 0.2) is 138 Å². The number of fused-ring (bicyclic) bond motifs is 4. The molecule has 2 amide bonds. The summed E-state index contributed by atoms with van der Waals surface area (Å²) in [5.74, 6) is 1.18. The minimum absolute atomic E-state index is 0.0413. The van der Waals surface area contributed by atoms with Crippen molar-refractivity contribution in [3.05, 3.63) is 177 Å². The summed E-state index contributed by atoms with van der Waals surface area (Å²) in [5.41, 5.74) is 5.26. The number of phenolic OH excluding ortho intramolecular Hbond substituents is 1. The Morgan fingerprint density at radius 1 is 0.733 bits per heavy atom. The highest BCUT2D eigenvalue weighted by molar-refractivity contribution is 5.94. The molecule has 0 radical (unpaired) electrons. The lowest BCUT2D eigenvalue weighted by molar-refractivity contribution is -0.0332. The fraction of sp³-hybridized carbons (Fsp3) is 0.271. The number of hydrogen-bond donors (Lipinski definition) is 6. The molecule has 0 saturated carbocycles. The van der Waals surface area contributed by atoms with E-state index in [1.807, 2.05) is 97.1 Å². The summed E-state index contributed by atoms with van der Waals surface area (Å²) in [6.45, 7) is 5.42. The molecule has 2 bridgehead atoms. The zero-order chi connectivity index (χ0) is 41.7. The third-order valence-corrected chi connectivity index (χ3v) is 10.9. The quantitative estimate of drug-likeness (QED) is 0.0714. The highest BCUT2D eigenvalue weighted by Crippen LogP contribution is 2.30. The average molecular weight is 810 g/mol. The van der Waals surface area contributed by atoms with Gasteiger partial charge >= 0.3 is 6.09 Å². The van der Waals surface area contributed by atoms with Crippen molar-refractivity contribution in [3.8, 4) is 11.5 Å². The average Bonchev–Trinajstić information content (AvgIpc) is 3.29. The third-order valence-electron chi connectivity index (χ3n) is 10.9. The second-order valence-corrected chi connectivity index (χ2v) is 15.2. The number of nitrogens with one attached hydrogen (secondary N) is 4. The van der Waals surface area contributed by atoms with Gasteiger partial charge in [-0.1, -0.05) is 91.0 Å². The number of piperidine rings is 3. The largest absolute Gasteiger partial charge is 0.506 e. The number of alkyl carbamates (subject to hydrolysis) is 1. The van der Waals surface area contributed by atoms with Crippen molar-refractivity contribution in [3.63, 3.8) is 0 Å². The van der Waals surface area contributed by atoms with Gasteiger partial charge in [-0.2, -0.15) is 0 Å². The van der Waals surface area contributed by atoms with Crippen LogP contribution in [0.4, 0.5) is 4.79 Å². The first-order valence-electron chi connectivity index (χ1n) is 20.3. The Bertz CT molecular complexity index is 2370. The van der Waals surface area contributed by atoms with Gasteiger partial charge in [0, 0.05) is 49.7 Å². The molecule has 12 nitrogen and oxygen atoms in total. The molecule has 1 aromatic heterocycles. The van der Waals surface area contributed by atoms with Gasteiger partial charge in [0.25, 0.3) is 5.91 Å². The molecule has 3 aliphatic heterocycles. The van der Waals surface area contributed by atoms with Crippen LogP contribution in [0.1, 0.15) is 57.1 Å². The number of aromatic nitrogens is 1. The Kier molecular flexibility index (Phi) is 14.2. The monoisotopic (exact) mass is 809 g/mol. The van der Waals surface area contributed by atoms with Crippen molar-refractivity contribution >= 4 is 22.9 Å². The fourth-order valence-electron chi connectivity index (χ4n) is 7.50. The van der Waals surface area contributed by atoms with Gasteiger partial charge in [0.1, 0.15) is 24.2 Å². The number of aliphatic hydroxyl groups excluding tert-OH is 1. The van der Waals surface area contributed by atoms with Crippen molar-refractivity contribution in [1.82, 2.24) is 25.8 Å². The van der Waals surface area contributed by atoms with Gasteiger partial charge in [0.05, 0.1) is 11.6 Å². The summed E-state index contributed by atoms with van der Waals surface area (Å²) in [6.07, 6.45) is 1.29. The summed E-state index contributed by atoms with van der Waals surface area (Å²) >= 11 is 0. The van der Waals surface area contributed by atoms with Crippen LogP contribution in [0, 0.1) is 5.92 Å². The highest BCUT2D eigenvalue weighted by Gasteiger charge is 2.36. The van der Waals surface area contributed by atoms with Crippen LogP contribution in [0.2, 0.25) is 0 Å². The van der Waals surface area contributed by atoms with Crippen LogP contribution in [0.25, 0.3) is 10.9 Å². The number of amides is 2. The van der Waals surface area contributed by atoms with E-state index in [0.717, 1.165) is 60.5 Å². The second-order valence-electron chi connectivity index (χ2n) is 15.2. The second kappa shape index (κ2) is 20.5. The highest BCUT2D eigenvalue weighted by atomic mass is 16.6. The Morgan fingerprint density at radius 3 is 2.05 bits per heavy atom. The maximum absolute atomic E-state index is 12.6. The number of aromatic hydroxyl groups is 1. The number of carbonyl (C=O) groups excluding carboxylic acids is 2. The third kappa shape index (κ3) is 11.6. The van der Waals surface area contributed by atoms with Crippen LogP contribution in [0.5, 0.6) is 11.5 Å². The number of aliphatic hydroxyl groups is 1. The molecule has 0 aliphatic carbocycles. The zero-order valence-electron chi connectivity index (χ0n) is 33.4. The molecule has 6 N–H and O–H groups in total. The molecule has 9 rings (SSSR count). The fourth-order valence-corrected chi connectivity index (χ4v) is 7.50. The van der Waals surface area contributed by atoms with E-state index in [1.54, 1.807) is 24.3 Å². The van der Waals surface area contributed by atoms with Gasteiger partial charge in [0.2, 0.25) is 5.56 Å². The minimum Gasteiger partial charge on any atom is -0.506 e. The molecule has 3 fully saturated rings. The number of H-pyrrole nitrogens is 1. The number of para-hydroxylation sites is 1. The molecule has 0 spiro atoms. The van der Waals surface area contributed by atoms with E-state index in [0.29, 0.717) is 54.2 Å². The lowest BCUT2D eigenvalue weighted by Crippen LogP contribution is -2.52. The first-order valence-corrected chi connectivity index (χ1v) is 20.3. The lowest BCUT2D eigenvalue weighted by atomic mass is 9.86.